The van der Waals surface area contributed by atoms with E-state index in [1.54, 1.807) is 0 Å². The van der Waals surface area contributed by atoms with Gasteiger partial charge >= 0.3 is 0 Å². The summed E-state index contributed by atoms with van der Waals surface area (Å²) >= 11 is 0. The van der Waals surface area contributed by atoms with Gasteiger partial charge in [0.2, 0.25) is 0 Å². The molecule has 0 aromatic heterocycles. The second-order valence-electron chi connectivity index (χ2n) is 5.82. The van der Waals surface area contributed by atoms with Crippen LogP contribution in [0.4, 0.5) is 0 Å². The van der Waals surface area contributed by atoms with Crippen LogP contribution in [-0.2, 0) is 9.53 Å². The van der Waals surface area contributed by atoms with Gasteiger partial charge in [-0.05, 0) is 25.7 Å². The number of hydrogen-bond acceptors (Lipinski definition) is 2. The van der Waals surface area contributed by atoms with E-state index in [1.807, 2.05) is 13.0 Å². The third kappa shape index (κ3) is 1.89. The largest absolute Gasteiger partial charge is 0.359 e. The molecule has 0 saturated carbocycles. The average Bonchev–Trinajstić information content (AvgIpc) is 2.53. The van der Waals surface area contributed by atoms with E-state index in [0.29, 0.717) is 18.1 Å². The molecule has 2 rings (SSSR count). The third-order valence-corrected chi connectivity index (χ3v) is 4.13. The molecule has 2 heterocycles. The molecule has 2 nitrogen and oxygen atoms in total. The van der Waals surface area contributed by atoms with Gasteiger partial charge in [0.05, 0.1) is 17.1 Å². The molecular formula is C15H22O2. The Balaban J connectivity index is 2.32. The van der Waals surface area contributed by atoms with Crippen LogP contribution in [0, 0.1) is 11.8 Å². The molecular weight excluding hydrogens is 212 g/mol. The highest BCUT2D eigenvalue weighted by atomic mass is 16.5. The molecule has 94 valence electrons. The number of fused-ring (bicyclic) bond motifs is 2. The van der Waals surface area contributed by atoms with Gasteiger partial charge in [-0.1, -0.05) is 32.1 Å². The fraction of sp³-hybridized carbons (Fsp3) is 0.667. The molecule has 0 aromatic carbocycles. The van der Waals surface area contributed by atoms with Crippen molar-refractivity contribution < 1.29 is 9.53 Å². The second kappa shape index (κ2) is 4.09. The summed E-state index contributed by atoms with van der Waals surface area (Å²) in [6.07, 6.45) is 8.34. The summed E-state index contributed by atoms with van der Waals surface area (Å²) in [6.45, 7) is 10.0. The Labute approximate surface area is 104 Å². The minimum Gasteiger partial charge on any atom is -0.359 e. The van der Waals surface area contributed by atoms with Gasteiger partial charge in [0.15, 0.2) is 0 Å². The van der Waals surface area contributed by atoms with Crippen molar-refractivity contribution in [2.24, 2.45) is 11.8 Å². The number of ketones is 1. The lowest BCUT2D eigenvalue weighted by molar-refractivity contribution is -0.179. The molecule has 0 aromatic rings. The van der Waals surface area contributed by atoms with Crippen molar-refractivity contribution in [3.05, 3.63) is 24.8 Å². The molecule has 17 heavy (non-hydrogen) atoms. The van der Waals surface area contributed by atoms with Crippen LogP contribution in [0.15, 0.2) is 24.8 Å². The lowest BCUT2D eigenvalue weighted by Crippen LogP contribution is -2.54. The molecule has 1 saturated heterocycles. The number of carbonyl (C=O) groups excluding carboxylic acids is 1. The van der Waals surface area contributed by atoms with E-state index in [2.05, 4.69) is 32.6 Å². The Hall–Kier alpha value is -0.890. The Bertz CT molecular complexity index is 369. The Morgan fingerprint density at radius 3 is 2.88 bits per heavy atom. The summed E-state index contributed by atoms with van der Waals surface area (Å²) in [7, 11) is 0. The van der Waals surface area contributed by atoms with Crippen molar-refractivity contribution in [1.82, 2.24) is 0 Å². The quantitative estimate of drug-likeness (QED) is 0.698. The Kier molecular flexibility index (Phi) is 3.03. The van der Waals surface area contributed by atoms with Gasteiger partial charge < -0.3 is 4.74 Å². The molecule has 3 atom stereocenters. The summed E-state index contributed by atoms with van der Waals surface area (Å²) in [5.74, 6) is 0.659. The summed E-state index contributed by atoms with van der Waals surface area (Å²) in [5.41, 5.74) is -0.751. The monoisotopic (exact) mass is 234 g/mol. The van der Waals surface area contributed by atoms with Crippen LogP contribution in [-0.4, -0.2) is 17.0 Å². The van der Waals surface area contributed by atoms with E-state index in [1.165, 1.54) is 0 Å². The van der Waals surface area contributed by atoms with Gasteiger partial charge in [-0.15, -0.1) is 6.58 Å². The van der Waals surface area contributed by atoms with Crippen molar-refractivity contribution in [2.45, 2.75) is 51.2 Å². The first kappa shape index (κ1) is 12.6. The molecule has 0 aliphatic carbocycles. The number of rotatable bonds is 4. The molecule has 0 unspecified atom stereocenters. The maximum atomic E-state index is 12.3. The topological polar surface area (TPSA) is 26.3 Å². The molecule has 0 spiro atoms. The molecule has 2 aliphatic heterocycles. The van der Waals surface area contributed by atoms with E-state index < -0.39 is 0 Å². The Morgan fingerprint density at radius 1 is 1.59 bits per heavy atom. The lowest BCUT2D eigenvalue weighted by atomic mass is 9.72. The van der Waals surface area contributed by atoms with Gasteiger partial charge in [0, 0.05) is 6.42 Å². The highest BCUT2D eigenvalue weighted by Crippen LogP contribution is 2.49. The number of hydrogen-bond donors (Lipinski definition) is 0. The van der Waals surface area contributed by atoms with E-state index in [0.717, 1.165) is 12.8 Å². The zero-order valence-electron chi connectivity index (χ0n) is 11.0. The van der Waals surface area contributed by atoms with Crippen molar-refractivity contribution in [2.75, 3.05) is 0 Å². The molecule has 2 bridgehead atoms. The lowest BCUT2D eigenvalue weighted by Gasteiger charge is -2.46. The Morgan fingerprint density at radius 2 is 2.29 bits per heavy atom. The molecule has 0 radical (unpaired) electrons. The number of allylic oxidation sites excluding steroid dienone is 1. The SMILES string of the molecule is C=CCC[C@H]1C(=O)C[C@@]2(C)C=C[C@]1(C(C)C)O2. The minimum absolute atomic E-state index is 0.00711. The highest BCUT2D eigenvalue weighted by Gasteiger charge is 2.56. The second-order valence-corrected chi connectivity index (χ2v) is 5.82. The zero-order chi connectivity index (χ0) is 12.7. The van der Waals surface area contributed by atoms with Gasteiger partial charge in [-0.25, -0.2) is 0 Å². The molecule has 2 heteroatoms. The van der Waals surface area contributed by atoms with E-state index in [4.69, 9.17) is 4.74 Å². The summed E-state index contributed by atoms with van der Waals surface area (Å²) < 4.78 is 6.25. The average molecular weight is 234 g/mol. The summed E-state index contributed by atoms with van der Waals surface area (Å²) in [4.78, 5) is 12.3. The normalized spacial score (nSPS) is 40.0. The van der Waals surface area contributed by atoms with E-state index in [-0.39, 0.29) is 17.1 Å². The first-order valence-electron chi connectivity index (χ1n) is 6.48. The van der Waals surface area contributed by atoms with Gasteiger partial charge in [0.1, 0.15) is 5.78 Å². The molecule has 2 aliphatic rings. The van der Waals surface area contributed by atoms with Crippen molar-refractivity contribution in [1.29, 1.82) is 0 Å². The number of ether oxygens (including phenoxy) is 1. The smallest absolute Gasteiger partial charge is 0.142 e. The maximum Gasteiger partial charge on any atom is 0.142 e. The predicted molar refractivity (Wildman–Crippen MR) is 68.7 cm³/mol. The van der Waals surface area contributed by atoms with Crippen molar-refractivity contribution in [3.8, 4) is 0 Å². The van der Waals surface area contributed by atoms with Crippen LogP contribution in [0.5, 0.6) is 0 Å². The summed E-state index contributed by atoms with van der Waals surface area (Å²) in [5, 5.41) is 0. The van der Waals surface area contributed by atoms with Crippen molar-refractivity contribution >= 4 is 5.78 Å². The van der Waals surface area contributed by atoms with Crippen LogP contribution < -0.4 is 0 Å². The van der Waals surface area contributed by atoms with Crippen LogP contribution >= 0.6 is 0 Å². The van der Waals surface area contributed by atoms with Crippen LogP contribution in [0.2, 0.25) is 0 Å². The van der Waals surface area contributed by atoms with Gasteiger partial charge in [-0.2, -0.15) is 0 Å². The minimum atomic E-state index is -0.382. The summed E-state index contributed by atoms with van der Waals surface area (Å²) in [6, 6.07) is 0. The first-order chi connectivity index (χ1) is 7.93. The maximum absolute atomic E-state index is 12.3. The number of carbonyl (C=O) groups is 1. The number of Topliss-reactive ketones (excluding diaryl/α,β-unsaturated/α-hetero) is 1. The molecule has 1 fully saturated rings. The first-order valence-corrected chi connectivity index (χ1v) is 6.48. The van der Waals surface area contributed by atoms with Crippen molar-refractivity contribution in [3.63, 3.8) is 0 Å². The van der Waals surface area contributed by atoms with Gasteiger partial charge in [0.25, 0.3) is 0 Å². The predicted octanol–water partition coefficient (Wildman–Crippen LogP) is 3.28. The molecule has 0 N–H and O–H groups in total. The molecule has 0 amide bonds. The standard InChI is InChI=1S/C15H22O2/c1-5-6-7-12-13(16)10-14(4)8-9-15(12,17-14)11(2)3/h5,8-9,11-12H,1,6-7,10H2,2-4H3/t12-,14+,15+/m0/s1. The fourth-order valence-corrected chi connectivity index (χ4v) is 3.17. The van der Waals surface area contributed by atoms with E-state index >= 15 is 0 Å². The van der Waals surface area contributed by atoms with Crippen LogP contribution in [0.25, 0.3) is 0 Å². The zero-order valence-corrected chi connectivity index (χ0v) is 11.0. The van der Waals surface area contributed by atoms with Crippen LogP contribution in [0.1, 0.15) is 40.0 Å². The fourth-order valence-electron chi connectivity index (χ4n) is 3.17. The van der Waals surface area contributed by atoms with E-state index in [9.17, 15) is 4.79 Å². The van der Waals surface area contributed by atoms with Gasteiger partial charge in [-0.3, -0.25) is 4.79 Å². The third-order valence-electron chi connectivity index (χ3n) is 4.13. The highest BCUT2D eigenvalue weighted by molar-refractivity contribution is 5.85. The van der Waals surface area contributed by atoms with Crippen LogP contribution in [0.3, 0.4) is 0 Å².